The fourth-order valence-electron chi connectivity index (χ4n) is 3.54. The third-order valence-electron chi connectivity index (χ3n) is 4.88. The van der Waals surface area contributed by atoms with Gasteiger partial charge in [0, 0.05) is 9.13 Å². The van der Waals surface area contributed by atoms with Crippen molar-refractivity contribution in [2.24, 2.45) is 0 Å². The van der Waals surface area contributed by atoms with E-state index in [9.17, 15) is 14.4 Å². The van der Waals surface area contributed by atoms with E-state index in [-0.39, 0.29) is 18.4 Å². The molecule has 0 saturated carbocycles. The molecule has 28 heavy (non-hydrogen) atoms. The van der Waals surface area contributed by atoms with Gasteiger partial charge in [0.15, 0.2) is 6.10 Å². The molecule has 138 valence electrons. The first kappa shape index (κ1) is 17.2. The molecule has 0 radical (unpaired) electrons. The molecule has 0 bridgehead atoms. The smallest absolute Gasteiger partial charge is 0.339 e. The third-order valence-corrected chi connectivity index (χ3v) is 5.55. The van der Waals surface area contributed by atoms with Gasteiger partial charge in [0.05, 0.1) is 23.2 Å². The van der Waals surface area contributed by atoms with Crippen LogP contribution in [0.2, 0.25) is 0 Å². The lowest BCUT2D eigenvalue weighted by molar-refractivity contribution is 0.0418. The molecular weight excluding hydrogens is 473 g/mol. The van der Waals surface area contributed by atoms with Gasteiger partial charge in [-0.1, -0.05) is 18.2 Å². The molecule has 6 nitrogen and oxygen atoms in total. The molecule has 0 fully saturated rings. The minimum Gasteiger partial charge on any atom is -0.460 e. The van der Waals surface area contributed by atoms with Gasteiger partial charge in [-0.05, 0) is 59.0 Å². The second-order valence-electron chi connectivity index (χ2n) is 6.56. The van der Waals surface area contributed by atoms with Crippen LogP contribution in [0, 0.1) is 3.57 Å². The predicted octanol–water partition coefficient (Wildman–Crippen LogP) is 3.94. The van der Waals surface area contributed by atoms with Crippen LogP contribution in [0.15, 0.2) is 59.0 Å². The van der Waals surface area contributed by atoms with E-state index < -0.39 is 12.1 Å². The summed E-state index contributed by atoms with van der Waals surface area (Å²) in [4.78, 5) is 38.3. The molecule has 3 aromatic rings. The van der Waals surface area contributed by atoms with Gasteiger partial charge in [-0.15, -0.1) is 0 Å². The molecule has 2 amide bonds. The molecule has 5 rings (SSSR count). The van der Waals surface area contributed by atoms with E-state index in [4.69, 9.17) is 9.15 Å². The predicted molar refractivity (Wildman–Crippen MR) is 106 cm³/mol. The number of amides is 2. The summed E-state index contributed by atoms with van der Waals surface area (Å²) in [6, 6.07) is 15.7. The van der Waals surface area contributed by atoms with Gasteiger partial charge >= 0.3 is 5.97 Å². The van der Waals surface area contributed by atoms with E-state index in [1.807, 2.05) is 12.1 Å². The molecule has 7 heteroatoms. The van der Waals surface area contributed by atoms with Gasteiger partial charge in [0.2, 0.25) is 0 Å². The van der Waals surface area contributed by atoms with Crippen molar-refractivity contribution < 1.29 is 23.5 Å². The molecular formula is C21H12INO5. The number of carbonyl (C=O) groups excluding carboxylic acids is 3. The number of hydrogen-bond acceptors (Lipinski definition) is 5. The second kappa shape index (κ2) is 6.30. The average molecular weight is 485 g/mol. The van der Waals surface area contributed by atoms with Crippen molar-refractivity contribution in [2.75, 3.05) is 0 Å². The Bertz CT molecular complexity index is 1130. The van der Waals surface area contributed by atoms with E-state index in [1.54, 1.807) is 42.5 Å². The number of benzene rings is 2. The van der Waals surface area contributed by atoms with Crippen LogP contribution in [-0.4, -0.2) is 22.7 Å². The maximum atomic E-state index is 12.5. The number of esters is 1. The van der Waals surface area contributed by atoms with Crippen LogP contribution in [0.1, 0.15) is 54.3 Å². The summed E-state index contributed by atoms with van der Waals surface area (Å²) in [6.45, 7) is 0.0204. The van der Waals surface area contributed by atoms with E-state index in [2.05, 4.69) is 22.6 Å². The van der Waals surface area contributed by atoms with Crippen molar-refractivity contribution in [2.45, 2.75) is 12.6 Å². The van der Waals surface area contributed by atoms with Gasteiger partial charge in [0.25, 0.3) is 11.8 Å². The number of rotatable bonds is 3. The van der Waals surface area contributed by atoms with E-state index >= 15 is 0 Å². The van der Waals surface area contributed by atoms with Gasteiger partial charge in [-0.25, -0.2) is 4.79 Å². The van der Waals surface area contributed by atoms with Gasteiger partial charge in [-0.2, -0.15) is 0 Å². The Morgan fingerprint density at radius 1 is 0.893 bits per heavy atom. The molecule has 3 heterocycles. The summed E-state index contributed by atoms with van der Waals surface area (Å²) in [7, 11) is 0. The molecule has 0 saturated heterocycles. The van der Waals surface area contributed by atoms with Crippen molar-refractivity contribution in [1.29, 1.82) is 0 Å². The summed E-state index contributed by atoms with van der Waals surface area (Å²) >= 11 is 2.14. The van der Waals surface area contributed by atoms with Gasteiger partial charge < -0.3 is 9.15 Å². The minimum absolute atomic E-state index is 0.0204. The summed E-state index contributed by atoms with van der Waals surface area (Å²) in [5, 5.41) is 0. The molecule has 1 atom stereocenters. The monoisotopic (exact) mass is 485 g/mol. The number of furan rings is 1. The molecule has 0 aliphatic carbocycles. The fraction of sp³-hybridized carbons (Fsp3) is 0.0952. The standard InChI is InChI=1S/C21H12INO5/c22-11-5-7-13-16(9-11)21(26)28-18(13)17-8-6-12(27-17)10-23-19(24)14-3-1-2-4-15(14)20(23)25/h1-9,18H,10H2. The number of halogens is 1. The van der Waals surface area contributed by atoms with Gasteiger partial charge in [0.1, 0.15) is 11.5 Å². The zero-order valence-corrected chi connectivity index (χ0v) is 16.5. The van der Waals surface area contributed by atoms with Crippen molar-refractivity contribution >= 4 is 40.4 Å². The lowest BCUT2D eigenvalue weighted by atomic mass is 10.0. The Hall–Kier alpha value is -2.94. The zero-order valence-electron chi connectivity index (χ0n) is 14.3. The SMILES string of the molecule is O=C1OC(c2ccc(CN3C(=O)c4ccccc4C3=O)o2)c2ccc(I)cc21. The summed E-state index contributed by atoms with van der Waals surface area (Å²) in [6.07, 6.45) is -0.629. The van der Waals surface area contributed by atoms with Crippen LogP contribution >= 0.6 is 22.6 Å². The molecule has 2 aliphatic rings. The Morgan fingerprint density at radius 2 is 1.61 bits per heavy atom. The lowest BCUT2D eigenvalue weighted by Gasteiger charge is -2.12. The van der Waals surface area contributed by atoms with Crippen molar-refractivity contribution in [3.05, 3.63) is 91.9 Å². The first-order chi connectivity index (χ1) is 13.5. The van der Waals surface area contributed by atoms with Crippen LogP contribution in [-0.2, 0) is 11.3 Å². The highest BCUT2D eigenvalue weighted by Crippen LogP contribution is 2.37. The zero-order chi connectivity index (χ0) is 19.4. The highest BCUT2D eigenvalue weighted by atomic mass is 127. The Morgan fingerprint density at radius 3 is 2.32 bits per heavy atom. The van der Waals surface area contributed by atoms with Gasteiger partial charge in [-0.3, -0.25) is 14.5 Å². The highest BCUT2D eigenvalue weighted by molar-refractivity contribution is 14.1. The van der Waals surface area contributed by atoms with Crippen LogP contribution in [0.25, 0.3) is 0 Å². The Labute approximate surface area is 173 Å². The lowest BCUT2D eigenvalue weighted by Crippen LogP contribution is -2.28. The van der Waals surface area contributed by atoms with Crippen molar-refractivity contribution in [3.63, 3.8) is 0 Å². The van der Waals surface area contributed by atoms with E-state index in [1.165, 1.54) is 0 Å². The quantitative estimate of drug-likeness (QED) is 0.319. The molecule has 1 unspecified atom stereocenters. The summed E-state index contributed by atoms with van der Waals surface area (Å²) < 4.78 is 12.2. The topological polar surface area (TPSA) is 76.8 Å². The number of nitrogens with zero attached hydrogens (tertiary/aromatic N) is 1. The molecule has 2 aliphatic heterocycles. The van der Waals surface area contributed by atoms with E-state index in [0.29, 0.717) is 28.2 Å². The number of hydrogen-bond donors (Lipinski definition) is 0. The highest BCUT2D eigenvalue weighted by Gasteiger charge is 2.37. The minimum atomic E-state index is -0.629. The van der Waals surface area contributed by atoms with Crippen LogP contribution in [0.3, 0.4) is 0 Å². The number of imide groups is 1. The first-order valence-electron chi connectivity index (χ1n) is 8.57. The first-order valence-corrected chi connectivity index (χ1v) is 9.65. The van der Waals surface area contributed by atoms with E-state index in [0.717, 1.165) is 14.0 Å². The van der Waals surface area contributed by atoms with Crippen LogP contribution in [0.5, 0.6) is 0 Å². The number of fused-ring (bicyclic) bond motifs is 2. The van der Waals surface area contributed by atoms with Crippen LogP contribution < -0.4 is 0 Å². The number of ether oxygens (including phenoxy) is 1. The molecule has 2 aromatic carbocycles. The summed E-state index contributed by atoms with van der Waals surface area (Å²) in [5.74, 6) is -0.173. The van der Waals surface area contributed by atoms with Crippen LogP contribution in [0.4, 0.5) is 0 Å². The third kappa shape index (κ3) is 2.57. The molecule has 0 spiro atoms. The molecule has 1 aromatic heterocycles. The second-order valence-corrected chi connectivity index (χ2v) is 7.81. The van der Waals surface area contributed by atoms with Crippen molar-refractivity contribution in [3.8, 4) is 0 Å². The largest absolute Gasteiger partial charge is 0.460 e. The maximum absolute atomic E-state index is 12.5. The summed E-state index contributed by atoms with van der Waals surface area (Å²) in [5.41, 5.74) is 2.06. The maximum Gasteiger partial charge on any atom is 0.339 e. The fourth-order valence-corrected chi connectivity index (χ4v) is 4.03. The number of carbonyl (C=O) groups is 3. The van der Waals surface area contributed by atoms with Crippen molar-refractivity contribution in [1.82, 2.24) is 4.90 Å². The molecule has 0 N–H and O–H groups in total. The average Bonchev–Trinajstić information content (AvgIpc) is 3.35. The normalized spacial score (nSPS) is 17.7. The Balaban J connectivity index is 1.41. The number of cyclic esters (lactones) is 1. The Kier molecular flexibility index (Phi) is 3.87.